The molecule has 0 radical (unpaired) electrons. The SMILES string of the molecule is N#CC1(C(=O)N2CCN(C(CN3CCOCC3)C(N)=O)CC2)CCN(Cc2ccncc2)CC1. The molecule has 3 aliphatic rings. The van der Waals surface area contributed by atoms with E-state index in [4.69, 9.17) is 10.5 Å². The van der Waals surface area contributed by atoms with Crippen molar-refractivity contribution in [3.05, 3.63) is 30.1 Å². The molecule has 10 heteroatoms. The fourth-order valence-electron chi connectivity index (χ4n) is 5.17. The van der Waals surface area contributed by atoms with Crippen LogP contribution in [0, 0.1) is 16.7 Å². The molecule has 1 aromatic heterocycles. The van der Waals surface area contributed by atoms with Gasteiger partial charge in [0.15, 0.2) is 0 Å². The van der Waals surface area contributed by atoms with E-state index in [1.807, 2.05) is 17.0 Å². The number of piperazine rings is 1. The van der Waals surface area contributed by atoms with Gasteiger partial charge in [0.1, 0.15) is 11.5 Å². The summed E-state index contributed by atoms with van der Waals surface area (Å²) in [7, 11) is 0. The molecule has 3 fully saturated rings. The summed E-state index contributed by atoms with van der Waals surface area (Å²) in [6, 6.07) is 5.98. The van der Waals surface area contributed by atoms with Crippen molar-refractivity contribution in [2.75, 3.05) is 72.1 Å². The molecule has 0 bridgehead atoms. The second kappa shape index (κ2) is 11.2. The van der Waals surface area contributed by atoms with Gasteiger partial charge in [0.25, 0.3) is 0 Å². The van der Waals surface area contributed by atoms with E-state index in [1.165, 1.54) is 5.56 Å². The number of pyridine rings is 1. The zero-order valence-corrected chi connectivity index (χ0v) is 19.8. The van der Waals surface area contributed by atoms with Gasteiger partial charge >= 0.3 is 0 Å². The van der Waals surface area contributed by atoms with Crippen molar-refractivity contribution in [2.24, 2.45) is 11.1 Å². The average Bonchev–Trinajstić information content (AvgIpc) is 2.89. The minimum absolute atomic E-state index is 0.0676. The fraction of sp³-hybridized carbons (Fsp3) is 0.667. The number of nitrogens with two attached hydrogens (primary N) is 1. The number of nitrogens with zero attached hydrogens (tertiary/aromatic N) is 6. The first kappa shape index (κ1) is 24.5. The third kappa shape index (κ3) is 5.73. The Morgan fingerprint density at radius 2 is 1.68 bits per heavy atom. The Kier molecular flexibility index (Phi) is 8.11. The van der Waals surface area contributed by atoms with Gasteiger partial charge in [-0.1, -0.05) is 0 Å². The van der Waals surface area contributed by atoms with Crippen LogP contribution in [-0.2, 0) is 20.9 Å². The summed E-state index contributed by atoms with van der Waals surface area (Å²) in [4.78, 5) is 38.1. The number of carbonyl (C=O) groups is 2. The van der Waals surface area contributed by atoms with Crippen LogP contribution in [0.4, 0.5) is 0 Å². The van der Waals surface area contributed by atoms with E-state index in [0.29, 0.717) is 71.9 Å². The van der Waals surface area contributed by atoms with E-state index in [9.17, 15) is 14.9 Å². The van der Waals surface area contributed by atoms with E-state index >= 15 is 0 Å². The van der Waals surface area contributed by atoms with Crippen LogP contribution in [-0.4, -0.2) is 115 Å². The summed E-state index contributed by atoms with van der Waals surface area (Å²) in [6.45, 7) is 7.93. The number of carbonyl (C=O) groups excluding carboxylic acids is 2. The van der Waals surface area contributed by atoms with Crippen molar-refractivity contribution >= 4 is 11.8 Å². The van der Waals surface area contributed by atoms with Crippen molar-refractivity contribution < 1.29 is 14.3 Å². The third-order valence-electron chi connectivity index (χ3n) is 7.39. The third-order valence-corrected chi connectivity index (χ3v) is 7.39. The number of aromatic nitrogens is 1. The lowest BCUT2D eigenvalue weighted by Gasteiger charge is -2.43. The van der Waals surface area contributed by atoms with Gasteiger partial charge < -0.3 is 15.4 Å². The predicted octanol–water partition coefficient (Wildman–Crippen LogP) is -0.482. The highest BCUT2D eigenvalue weighted by Crippen LogP contribution is 2.34. The Labute approximate surface area is 201 Å². The maximum absolute atomic E-state index is 13.4. The number of morpholine rings is 1. The van der Waals surface area contributed by atoms with Gasteiger partial charge in [-0.25, -0.2) is 0 Å². The van der Waals surface area contributed by atoms with Crippen molar-refractivity contribution in [3.63, 3.8) is 0 Å². The summed E-state index contributed by atoms with van der Waals surface area (Å²) in [5, 5.41) is 10.0. The van der Waals surface area contributed by atoms with Gasteiger partial charge in [-0.2, -0.15) is 5.26 Å². The topological polar surface area (TPSA) is 119 Å². The molecule has 3 saturated heterocycles. The summed E-state index contributed by atoms with van der Waals surface area (Å²) in [5.41, 5.74) is 5.96. The molecule has 4 rings (SSSR count). The number of primary amides is 1. The molecular weight excluding hydrogens is 434 g/mol. The molecule has 1 atom stereocenters. The molecule has 3 aliphatic heterocycles. The quantitative estimate of drug-likeness (QED) is 0.569. The van der Waals surface area contributed by atoms with E-state index in [2.05, 4.69) is 25.8 Å². The first-order valence-corrected chi connectivity index (χ1v) is 12.2. The molecule has 0 aromatic carbocycles. The predicted molar refractivity (Wildman–Crippen MR) is 125 cm³/mol. The highest BCUT2D eigenvalue weighted by molar-refractivity contribution is 5.86. The number of rotatable bonds is 7. The van der Waals surface area contributed by atoms with Crippen LogP contribution < -0.4 is 5.73 Å². The summed E-state index contributed by atoms with van der Waals surface area (Å²) in [6.07, 6.45) is 4.64. The molecule has 1 unspecified atom stereocenters. The van der Waals surface area contributed by atoms with Crippen LogP contribution >= 0.6 is 0 Å². The summed E-state index contributed by atoms with van der Waals surface area (Å²) in [5.74, 6) is -0.400. The molecule has 0 spiro atoms. The number of likely N-dealkylation sites (tertiary alicyclic amines) is 1. The largest absolute Gasteiger partial charge is 0.379 e. The van der Waals surface area contributed by atoms with Crippen LogP contribution in [0.2, 0.25) is 0 Å². The number of ether oxygens (including phenoxy) is 1. The first-order chi connectivity index (χ1) is 16.5. The van der Waals surface area contributed by atoms with Crippen molar-refractivity contribution in [3.8, 4) is 6.07 Å². The molecular formula is C24H35N7O3. The van der Waals surface area contributed by atoms with Crippen LogP contribution in [0.25, 0.3) is 0 Å². The number of hydrogen-bond acceptors (Lipinski definition) is 8. The second-order valence-electron chi connectivity index (χ2n) is 9.48. The van der Waals surface area contributed by atoms with Gasteiger partial charge in [-0.05, 0) is 30.5 Å². The highest BCUT2D eigenvalue weighted by atomic mass is 16.5. The maximum atomic E-state index is 13.4. The maximum Gasteiger partial charge on any atom is 0.243 e. The molecule has 1 aromatic rings. The van der Waals surface area contributed by atoms with Gasteiger partial charge in [0.05, 0.1) is 19.3 Å². The molecule has 2 amide bonds. The monoisotopic (exact) mass is 469 g/mol. The van der Waals surface area contributed by atoms with E-state index < -0.39 is 5.41 Å². The zero-order valence-electron chi connectivity index (χ0n) is 19.8. The fourth-order valence-corrected chi connectivity index (χ4v) is 5.17. The Balaban J connectivity index is 1.30. The highest BCUT2D eigenvalue weighted by Gasteiger charge is 2.45. The standard InChI is InChI=1S/C24H35N7O3/c25-19-24(3-7-28(8-4-24)17-20-1-5-27-6-2-20)23(33)31-11-9-30(10-12-31)21(22(26)32)18-29-13-15-34-16-14-29/h1-2,5-6,21H,3-4,7-18H2,(H2,26,32). The van der Waals surface area contributed by atoms with E-state index in [1.54, 1.807) is 12.4 Å². The van der Waals surface area contributed by atoms with Gasteiger partial charge in [-0.3, -0.25) is 29.3 Å². The molecule has 184 valence electrons. The average molecular weight is 470 g/mol. The Morgan fingerprint density at radius 3 is 2.26 bits per heavy atom. The van der Waals surface area contributed by atoms with Gasteiger partial charge in [0.2, 0.25) is 11.8 Å². The number of amides is 2. The molecule has 0 saturated carbocycles. The van der Waals surface area contributed by atoms with Crippen molar-refractivity contribution in [1.29, 1.82) is 5.26 Å². The minimum Gasteiger partial charge on any atom is -0.379 e. The van der Waals surface area contributed by atoms with Crippen LogP contribution in [0.15, 0.2) is 24.5 Å². The summed E-state index contributed by atoms with van der Waals surface area (Å²) < 4.78 is 5.39. The minimum atomic E-state index is -0.964. The lowest BCUT2D eigenvalue weighted by molar-refractivity contribution is -0.144. The Hall–Kier alpha value is -2.58. The van der Waals surface area contributed by atoms with E-state index in [-0.39, 0.29) is 17.9 Å². The first-order valence-electron chi connectivity index (χ1n) is 12.2. The lowest BCUT2D eigenvalue weighted by atomic mass is 9.78. The number of nitriles is 1. The van der Waals surface area contributed by atoms with Crippen LogP contribution in [0.3, 0.4) is 0 Å². The Morgan fingerprint density at radius 1 is 1.03 bits per heavy atom. The molecule has 2 N–H and O–H groups in total. The van der Waals surface area contributed by atoms with Crippen molar-refractivity contribution in [1.82, 2.24) is 24.6 Å². The van der Waals surface area contributed by atoms with Crippen LogP contribution in [0.5, 0.6) is 0 Å². The van der Waals surface area contributed by atoms with E-state index in [0.717, 1.165) is 19.6 Å². The van der Waals surface area contributed by atoms with Crippen LogP contribution in [0.1, 0.15) is 18.4 Å². The second-order valence-corrected chi connectivity index (χ2v) is 9.48. The Bertz CT molecular complexity index is 868. The smallest absolute Gasteiger partial charge is 0.243 e. The van der Waals surface area contributed by atoms with Gasteiger partial charge in [-0.15, -0.1) is 0 Å². The number of piperidine rings is 1. The summed E-state index contributed by atoms with van der Waals surface area (Å²) >= 11 is 0. The van der Waals surface area contributed by atoms with Crippen molar-refractivity contribution in [2.45, 2.75) is 25.4 Å². The molecule has 10 nitrogen and oxygen atoms in total. The zero-order chi connectivity index (χ0) is 24.0. The number of hydrogen-bond donors (Lipinski definition) is 1. The lowest BCUT2D eigenvalue weighted by Crippen LogP contribution is -2.60. The normalized spacial score (nSPS) is 23.2. The molecule has 34 heavy (non-hydrogen) atoms. The molecule has 4 heterocycles. The van der Waals surface area contributed by atoms with Gasteiger partial charge in [0, 0.05) is 77.8 Å². The molecule has 0 aliphatic carbocycles.